The van der Waals surface area contributed by atoms with Crippen molar-refractivity contribution in [1.82, 2.24) is 4.98 Å². The number of nitrogens with one attached hydrogen (secondary N) is 2. The van der Waals surface area contributed by atoms with Gasteiger partial charge in [-0.05, 0) is 42.5 Å². The van der Waals surface area contributed by atoms with Gasteiger partial charge in [0.2, 0.25) is 5.78 Å². The summed E-state index contributed by atoms with van der Waals surface area (Å²) in [6, 6.07) is 15.3. The van der Waals surface area contributed by atoms with E-state index in [1.54, 1.807) is 37.4 Å². The largest absolute Gasteiger partial charge is 0.388 e. The standard InChI is InChI=1S/C22H17ClN4O4S/c1-24-16-6-4-5-15-18(16)22(29)19(23)20(21(15)28)26-13-8-10-14(11-9-13)32(30,31)27-17-7-2-3-12-25-17/h2-12,19,24H,1H3,(H,25,27). The lowest BCUT2D eigenvalue weighted by Crippen LogP contribution is -2.38. The van der Waals surface area contributed by atoms with E-state index in [0.717, 1.165) is 0 Å². The fraction of sp³-hybridized carbons (Fsp3) is 0.0909. The summed E-state index contributed by atoms with van der Waals surface area (Å²) in [5.41, 5.74) is 1.15. The maximum atomic E-state index is 13.0. The van der Waals surface area contributed by atoms with Crippen molar-refractivity contribution < 1.29 is 18.0 Å². The maximum absolute atomic E-state index is 13.0. The summed E-state index contributed by atoms with van der Waals surface area (Å²) in [5, 5.41) is 1.64. The molecule has 0 amide bonds. The molecule has 1 atom stereocenters. The number of carbonyl (C=O) groups is 2. The van der Waals surface area contributed by atoms with E-state index in [2.05, 4.69) is 20.0 Å². The topological polar surface area (TPSA) is 118 Å². The highest BCUT2D eigenvalue weighted by Crippen LogP contribution is 2.30. The third-order valence-electron chi connectivity index (χ3n) is 4.83. The molecular formula is C22H17ClN4O4S. The average Bonchev–Trinajstić information content (AvgIpc) is 2.80. The van der Waals surface area contributed by atoms with E-state index in [4.69, 9.17) is 11.6 Å². The number of nitrogens with zero attached hydrogens (tertiary/aromatic N) is 2. The number of benzene rings is 2. The zero-order valence-corrected chi connectivity index (χ0v) is 18.3. The number of rotatable bonds is 5. The molecule has 8 nitrogen and oxygen atoms in total. The fourth-order valence-electron chi connectivity index (χ4n) is 3.29. The minimum Gasteiger partial charge on any atom is -0.388 e. The molecule has 0 saturated heterocycles. The van der Waals surface area contributed by atoms with Crippen LogP contribution in [0.2, 0.25) is 0 Å². The van der Waals surface area contributed by atoms with E-state index in [9.17, 15) is 18.0 Å². The first kappa shape index (κ1) is 21.7. The van der Waals surface area contributed by atoms with Crippen molar-refractivity contribution in [3.05, 3.63) is 78.0 Å². The average molecular weight is 469 g/mol. The molecule has 1 aromatic heterocycles. The number of hydrogen-bond donors (Lipinski definition) is 2. The minimum atomic E-state index is -3.86. The van der Waals surface area contributed by atoms with Crippen LogP contribution in [0.25, 0.3) is 0 Å². The van der Waals surface area contributed by atoms with Crippen molar-refractivity contribution >= 4 is 56.1 Å². The number of carbonyl (C=O) groups excluding carboxylic acids is 2. The van der Waals surface area contributed by atoms with E-state index in [0.29, 0.717) is 5.69 Å². The molecule has 1 unspecified atom stereocenters. The number of anilines is 2. The normalized spacial score (nSPS) is 17.2. The Hall–Kier alpha value is -3.56. The lowest BCUT2D eigenvalue weighted by Gasteiger charge is -2.22. The van der Waals surface area contributed by atoms with Gasteiger partial charge in [0, 0.05) is 24.5 Å². The van der Waals surface area contributed by atoms with E-state index >= 15 is 0 Å². The van der Waals surface area contributed by atoms with Crippen LogP contribution in [0, 0.1) is 0 Å². The zero-order valence-electron chi connectivity index (χ0n) is 16.7. The molecule has 4 rings (SSSR count). The lowest BCUT2D eigenvalue weighted by molar-refractivity contribution is 0.0968. The number of fused-ring (bicyclic) bond motifs is 1. The van der Waals surface area contributed by atoms with E-state index in [1.165, 1.54) is 36.5 Å². The third kappa shape index (κ3) is 4.00. The second kappa shape index (κ2) is 8.52. The molecular weight excluding hydrogens is 452 g/mol. The lowest BCUT2D eigenvalue weighted by atomic mass is 9.86. The first-order valence-electron chi connectivity index (χ1n) is 9.48. The molecule has 0 saturated carbocycles. The van der Waals surface area contributed by atoms with Gasteiger partial charge in [0.1, 0.15) is 16.9 Å². The summed E-state index contributed by atoms with van der Waals surface area (Å²) in [6.45, 7) is 0. The summed E-state index contributed by atoms with van der Waals surface area (Å²) >= 11 is 6.29. The van der Waals surface area contributed by atoms with E-state index in [1.807, 2.05) is 0 Å². The number of sulfonamides is 1. The molecule has 0 fully saturated rings. The first-order chi connectivity index (χ1) is 15.3. The van der Waals surface area contributed by atoms with Crippen molar-refractivity contribution in [2.75, 3.05) is 17.1 Å². The number of ketones is 2. The molecule has 1 aliphatic carbocycles. The van der Waals surface area contributed by atoms with Gasteiger partial charge in [-0.3, -0.25) is 14.3 Å². The number of halogens is 1. The predicted octanol–water partition coefficient (Wildman–Crippen LogP) is 3.68. The van der Waals surface area contributed by atoms with Gasteiger partial charge in [0.25, 0.3) is 10.0 Å². The Labute approximate surface area is 189 Å². The molecule has 0 aliphatic heterocycles. The number of aliphatic imine (C=N–C) groups is 1. The summed E-state index contributed by atoms with van der Waals surface area (Å²) < 4.78 is 27.4. The van der Waals surface area contributed by atoms with Crippen LogP contribution in [0.1, 0.15) is 20.7 Å². The molecule has 3 aromatic rings. The SMILES string of the molecule is CNc1cccc2c1C(=O)C(Cl)C(=Nc1ccc(S(=O)(=O)Nc3ccccn3)cc1)C2=O. The molecule has 1 heterocycles. The highest BCUT2D eigenvalue weighted by molar-refractivity contribution is 7.92. The Kier molecular flexibility index (Phi) is 5.77. The van der Waals surface area contributed by atoms with Crippen LogP contribution in [0.5, 0.6) is 0 Å². The van der Waals surface area contributed by atoms with E-state index in [-0.39, 0.29) is 33.2 Å². The van der Waals surface area contributed by atoms with Crippen LogP contribution in [-0.4, -0.2) is 43.1 Å². The van der Waals surface area contributed by atoms with Crippen molar-refractivity contribution in [1.29, 1.82) is 0 Å². The molecule has 2 aromatic carbocycles. The molecule has 0 spiro atoms. The van der Waals surface area contributed by atoms with E-state index < -0.39 is 27.0 Å². The Bertz CT molecular complexity index is 1340. The Morgan fingerprint density at radius 1 is 1.00 bits per heavy atom. The number of aromatic nitrogens is 1. The van der Waals surface area contributed by atoms with Crippen LogP contribution in [0.3, 0.4) is 0 Å². The molecule has 10 heteroatoms. The highest BCUT2D eigenvalue weighted by Gasteiger charge is 2.38. The molecule has 32 heavy (non-hydrogen) atoms. The van der Waals surface area contributed by atoms with Crippen LogP contribution < -0.4 is 10.0 Å². The van der Waals surface area contributed by atoms with Crippen LogP contribution in [0.15, 0.2) is 76.7 Å². The first-order valence-corrected chi connectivity index (χ1v) is 11.4. The molecule has 0 bridgehead atoms. The Morgan fingerprint density at radius 3 is 2.41 bits per heavy atom. The van der Waals surface area contributed by atoms with Gasteiger partial charge in [0.05, 0.1) is 16.1 Å². The van der Waals surface area contributed by atoms with Gasteiger partial charge >= 0.3 is 0 Å². The maximum Gasteiger partial charge on any atom is 0.263 e. The highest BCUT2D eigenvalue weighted by atomic mass is 35.5. The van der Waals surface area contributed by atoms with Crippen molar-refractivity contribution in [3.63, 3.8) is 0 Å². The summed E-state index contributed by atoms with van der Waals surface area (Å²) in [6.07, 6.45) is 1.47. The fourth-order valence-corrected chi connectivity index (χ4v) is 4.55. The molecule has 162 valence electrons. The Balaban J connectivity index is 1.64. The summed E-state index contributed by atoms with van der Waals surface area (Å²) in [5.74, 6) is -0.693. The minimum absolute atomic E-state index is 0.00965. The van der Waals surface area contributed by atoms with Crippen LogP contribution in [0.4, 0.5) is 17.2 Å². The summed E-state index contributed by atoms with van der Waals surface area (Å²) in [7, 11) is -2.20. The Morgan fingerprint density at radius 2 is 1.75 bits per heavy atom. The van der Waals surface area contributed by atoms with Crippen molar-refractivity contribution in [3.8, 4) is 0 Å². The smallest absolute Gasteiger partial charge is 0.263 e. The summed E-state index contributed by atoms with van der Waals surface area (Å²) in [4.78, 5) is 34.0. The van der Waals surface area contributed by atoms with Gasteiger partial charge in [0.15, 0.2) is 5.78 Å². The van der Waals surface area contributed by atoms with Gasteiger partial charge in [-0.25, -0.2) is 18.4 Å². The zero-order chi connectivity index (χ0) is 22.9. The monoisotopic (exact) mass is 468 g/mol. The van der Waals surface area contributed by atoms with Gasteiger partial charge in [-0.1, -0.05) is 18.2 Å². The number of hydrogen-bond acceptors (Lipinski definition) is 7. The second-order valence-corrected chi connectivity index (χ2v) is 8.96. The molecule has 2 N–H and O–H groups in total. The van der Waals surface area contributed by atoms with Gasteiger partial charge in [-0.15, -0.1) is 11.6 Å². The molecule has 1 aliphatic rings. The van der Waals surface area contributed by atoms with Crippen LogP contribution >= 0.6 is 11.6 Å². The quantitative estimate of drug-likeness (QED) is 0.551. The number of pyridine rings is 1. The number of alkyl halides is 1. The second-order valence-electron chi connectivity index (χ2n) is 6.85. The molecule has 0 radical (unpaired) electrons. The van der Waals surface area contributed by atoms with Crippen molar-refractivity contribution in [2.45, 2.75) is 10.3 Å². The van der Waals surface area contributed by atoms with Crippen LogP contribution in [-0.2, 0) is 10.0 Å². The third-order valence-corrected chi connectivity index (χ3v) is 6.60. The van der Waals surface area contributed by atoms with Crippen molar-refractivity contribution in [2.24, 2.45) is 4.99 Å². The van der Waals surface area contributed by atoms with Gasteiger partial charge < -0.3 is 5.32 Å². The van der Waals surface area contributed by atoms with Gasteiger partial charge in [-0.2, -0.15) is 0 Å². The predicted molar refractivity (Wildman–Crippen MR) is 123 cm³/mol. The number of Topliss-reactive ketones (excluding diaryl/α,β-unsaturated/α-hetero) is 2.